The third-order valence-corrected chi connectivity index (χ3v) is 9.08. The van der Waals surface area contributed by atoms with Gasteiger partial charge in [-0.25, -0.2) is 13.2 Å². The van der Waals surface area contributed by atoms with Crippen LogP contribution in [0.2, 0.25) is 0 Å². The van der Waals surface area contributed by atoms with Gasteiger partial charge in [0.25, 0.3) is 0 Å². The number of nitrogens with one attached hydrogen (secondary N) is 2. The Hall–Kier alpha value is -2.70. The number of rotatable bonds is 14. The topological polar surface area (TPSA) is 132 Å². The summed E-state index contributed by atoms with van der Waals surface area (Å²) in [6.45, 7) is 12.3. The lowest BCUT2D eigenvalue weighted by Crippen LogP contribution is -2.68. The number of hydrogen-bond donors (Lipinski definition) is 3. The number of carbonyl (C=O) groups is 1. The Morgan fingerprint density at radius 2 is 1.60 bits per heavy atom. The molecule has 2 atom stereocenters. The second-order valence-electron chi connectivity index (χ2n) is 13.1. The molecular weight excluding hydrogens is 572 g/mol. The maximum atomic E-state index is 13.8. The highest BCUT2D eigenvalue weighted by Gasteiger charge is 2.45. The molecule has 1 amide bonds. The quantitative estimate of drug-likeness (QED) is 0.247. The van der Waals surface area contributed by atoms with Gasteiger partial charge in [-0.3, -0.25) is 5.32 Å². The Kier molecular flexibility index (Phi) is 11.3. The molecule has 0 bridgehead atoms. The normalized spacial score (nSPS) is 17.6. The van der Waals surface area contributed by atoms with Crippen LogP contribution in [0.5, 0.6) is 5.75 Å². The van der Waals surface area contributed by atoms with Crippen molar-refractivity contribution in [3.63, 3.8) is 0 Å². The predicted octanol–water partition coefficient (Wildman–Crippen LogP) is 5.15. The van der Waals surface area contributed by atoms with Crippen molar-refractivity contribution in [1.29, 1.82) is 0 Å². The van der Waals surface area contributed by atoms with E-state index in [1.165, 1.54) is 31.4 Å². The fraction of sp³-hybridized carbons (Fsp3) is 0.594. The lowest BCUT2D eigenvalue weighted by molar-refractivity contribution is -0.151. The van der Waals surface area contributed by atoms with Crippen LogP contribution >= 0.6 is 0 Å². The van der Waals surface area contributed by atoms with Crippen LogP contribution in [0.15, 0.2) is 59.5 Å². The fourth-order valence-electron chi connectivity index (χ4n) is 5.00. The highest BCUT2D eigenvalue weighted by Crippen LogP contribution is 2.36. The van der Waals surface area contributed by atoms with Crippen molar-refractivity contribution < 1.29 is 37.3 Å². The molecule has 240 valence electrons. The predicted molar refractivity (Wildman–Crippen MR) is 164 cm³/mol. The summed E-state index contributed by atoms with van der Waals surface area (Å²) in [4.78, 5) is 13.2. The number of sulfonamides is 1. The number of carbonyl (C=O) groups excluding carboxylic acids is 1. The first-order valence-electron chi connectivity index (χ1n) is 14.7. The number of aliphatic hydroxyl groups is 1. The van der Waals surface area contributed by atoms with Gasteiger partial charge in [0, 0.05) is 12.8 Å². The molecule has 0 spiro atoms. The van der Waals surface area contributed by atoms with E-state index in [-0.39, 0.29) is 23.2 Å². The fourth-order valence-corrected chi connectivity index (χ4v) is 6.35. The van der Waals surface area contributed by atoms with Gasteiger partial charge in [-0.2, -0.15) is 4.72 Å². The molecule has 2 aromatic rings. The highest BCUT2D eigenvalue weighted by molar-refractivity contribution is 7.89. The lowest BCUT2D eigenvalue weighted by Gasteiger charge is -2.41. The summed E-state index contributed by atoms with van der Waals surface area (Å²) < 4.78 is 52.5. The number of aliphatic hydroxyl groups excluding tert-OH is 1. The van der Waals surface area contributed by atoms with Crippen molar-refractivity contribution in [2.24, 2.45) is 5.41 Å². The molecule has 43 heavy (non-hydrogen) atoms. The molecule has 0 radical (unpaired) electrons. The Labute approximate surface area is 256 Å². The zero-order valence-electron chi connectivity index (χ0n) is 26.4. The average Bonchev–Trinajstić information content (AvgIpc) is 3.36. The van der Waals surface area contributed by atoms with E-state index < -0.39 is 39.3 Å². The number of benzene rings is 2. The molecule has 3 N–H and O–H groups in total. The minimum Gasteiger partial charge on any atom is -0.497 e. The summed E-state index contributed by atoms with van der Waals surface area (Å²) in [5.74, 6) is -0.148. The van der Waals surface area contributed by atoms with Gasteiger partial charge in [0.15, 0.2) is 5.79 Å². The van der Waals surface area contributed by atoms with E-state index in [0.29, 0.717) is 37.4 Å². The average molecular weight is 621 g/mol. The number of ether oxygens (including phenoxy) is 4. The zero-order chi connectivity index (χ0) is 31.9. The second-order valence-corrected chi connectivity index (χ2v) is 14.8. The summed E-state index contributed by atoms with van der Waals surface area (Å²) in [5.41, 5.74) is -2.25. The largest absolute Gasteiger partial charge is 0.497 e. The number of methoxy groups -OCH3 is 1. The molecular formula is C32H48N2O8S. The van der Waals surface area contributed by atoms with Crippen LogP contribution in [0, 0.1) is 5.41 Å². The van der Waals surface area contributed by atoms with Gasteiger partial charge in [-0.1, -0.05) is 44.2 Å². The van der Waals surface area contributed by atoms with Crippen molar-refractivity contribution in [1.82, 2.24) is 10.0 Å². The van der Waals surface area contributed by atoms with E-state index in [2.05, 4.69) is 23.9 Å². The SMILES string of the molecule is COc1ccc(S(=O)(=O)NC(Cc2ccccc2)(NC(=O)OC(C)(C)C)C(O)CCC(C)(C)CCC2(C)OCCO2)cc1. The molecule has 11 heteroatoms. The molecule has 1 aliphatic rings. The van der Waals surface area contributed by atoms with Crippen LogP contribution < -0.4 is 14.8 Å². The van der Waals surface area contributed by atoms with Crippen molar-refractivity contribution in [2.45, 2.75) is 102 Å². The van der Waals surface area contributed by atoms with E-state index in [0.717, 1.165) is 6.42 Å². The second kappa shape index (κ2) is 13.9. The Morgan fingerprint density at radius 1 is 1.00 bits per heavy atom. The van der Waals surface area contributed by atoms with Gasteiger partial charge >= 0.3 is 6.09 Å². The van der Waals surface area contributed by atoms with Gasteiger partial charge in [-0.05, 0) is 82.2 Å². The van der Waals surface area contributed by atoms with Gasteiger partial charge in [-0.15, -0.1) is 0 Å². The van der Waals surface area contributed by atoms with Crippen molar-refractivity contribution in [2.75, 3.05) is 20.3 Å². The van der Waals surface area contributed by atoms with Crippen molar-refractivity contribution >= 4 is 16.1 Å². The van der Waals surface area contributed by atoms with E-state index in [9.17, 15) is 18.3 Å². The molecule has 0 aliphatic carbocycles. The Morgan fingerprint density at radius 3 is 2.16 bits per heavy atom. The van der Waals surface area contributed by atoms with Crippen LogP contribution in [-0.2, 0) is 30.7 Å². The van der Waals surface area contributed by atoms with Crippen LogP contribution in [0.3, 0.4) is 0 Å². The summed E-state index contributed by atoms with van der Waals surface area (Å²) in [5, 5.41) is 14.6. The van der Waals surface area contributed by atoms with Crippen molar-refractivity contribution in [3.8, 4) is 5.75 Å². The Bertz CT molecular complexity index is 1290. The first-order chi connectivity index (χ1) is 20.0. The Balaban J connectivity index is 1.96. The number of amides is 1. The van der Waals surface area contributed by atoms with E-state index in [4.69, 9.17) is 18.9 Å². The molecule has 0 saturated carbocycles. The zero-order valence-corrected chi connectivity index (χ0v) is 27.3. The highest BCUT2D eigenvalue weighted by atomic mass is 32.2. The van der Waals surface area contributed by atoms with Gasteiger partial charge in [0.05, 0.1) is 31.3 Å². The summed E-state index contributed by atoms with van der Waals surface area (Å²) in [6, 6.07) is 15.0. The van der Waals surface area contributed by atoms with Crippen LogP contribution in [0.25, 0.3) is 0 Å². The molecule has 1 saturated heterocycles. The molecule has 3 rings (SSSR count). The molecule has 2 aromatic carbocycles. The van der Waals surface area contributed by atoms with E-state index in [1.54, 1.807) is 20.8 Å². The smallest absolute Gasteiger partial charge is 0.409 e. The minimum absolute atomic E-state index is 0.0379. The number of alkyl carbamates (subject to hydrolysis) is 1. The maximum Gasteiger partial charge on any atom is 0.409 e. The lowest BCUT2D eigenvalue weighted by atomic mass is 9.79. The molecule has 2 unspecified atom stereocenters. The molecule has 1 fully saturated rings. The molecule has 1 heterocycles. The maximum absolute atomic E-state index is 13.8. The summed E-state index contributed by atoms with van der Waals surface area (Å²) >= 11 is 0. The van der Waals surface area contributed by atoms with Crippen LogP contribution in [0.1, 0.15) is 72.8 Å². The first kappa shape index (κ1) is 34.8. The molecule has 0 aromatic heterocycles. The van der Waals surface area contributed by atoms with Crippen molar-refractivity contribution in [3.05, 3.63) is 60.2 Å². The molecule has 10 nitrogen and oxygen atoms in total. The monoisotopic (exact) mass is 620 g/mol. The third-order valence-electron chi connectivity index (χ3n) is 7.55. The van der Waals surface area contributed by atoms with Crippen LogP contribution in [0.4, 0.5) is 4.79 Å². The van der Waals surface area contributed by atoms with Crippen LogP contribution in [-0.4, -0.2) is 63.1 Å². The van der Waals surface area contributed by atoms with E-state index in [1.807, 2.05) is 37.3 Å². The standard InChI is InChI=1S/C32H48N2O8S/c1-29(2,3)42-28(36)33-32(23-24-11-9-8-10-12-24,34-43(37,38)26-15-13-25(39-7)14-16-26)27(35)17-18-30(4,5)19-20-31(6)40-21-22-41-31/h8-16,27,34-35H,17-23H2,1-7H3,(H,33,36). The molecule has 1 aliphatic heterocycles. The van der Waals surface area contributed by atoms with Gasteiger partial charge < -0.3 is 24.1 Å². The summed E-state index contributed by atoms with van der Waals surface area (Å²) in [7, 11) is -2.76. The first-order valence-corrected chi connectivity index (χ1v) is 16.1. The number of hydrogen-bond acceptors (Lipinski definition) is 8. The van der Waals surface area contributed by atoms with E-state index >= 15 is 0 Å². The van der Waals surface area contributed by atoms with Gasteiger partial charge in [0.2, 0.25) is 10.0 Å². The third kappa shape index (κ3) is 10.5. The minimum atomic E-state index is -4.25. The summed E-state index contributed by atoms with van der Waals surface area (Å²) in [6.07, 6.45) is -0.0983. The van der Waals surface area contributed by atoms with Gasteiger partial charge in [0.1, 0.15) is 17.0 Å².